The number of amides is 2. The number of hydrogen-bond acceptors (Lipinski definition) is 6. The van der Waals surface area contributed by atoms with Crippen LogP contribution in [0, 0.1) is 0 Å². The molecule has 9 heteroatoms. The van der Waals surface area contributed by atoms with Gasteiger partial charge >= 0.3 is 0 Å². The Morgan fingerprint density at radius 3 is 2.84 bits per heavy atom. The van der Waals surface area contributed by atoms with Crippen LogP contribution in [0.1, 0.15) is 53.6 Å². The topological polar surface area (TPSA) is 99.8 Å². The number of benzene rings is 1. The van der Waals surface area contributed by atoms with Crippen LogP contribution in [0.3, 0.4) is 0 Å². The Balaban J connectivity index is 1.47. The SMILES string of the molecule is CNC(=O)CCCCCC(NC(=O)c1cncs1)c1ncc(-c2ccc3sccc3c2)[nH]1. The Bertz CT molecular complexity index is 1180. The molecule has 1 aromatic carbocycles. The molecule has 0 aliphatic heterocycles. The number of aromatic amines is 1. The molecule has 0 bridgehead atoms. The van der Waals surface area contributed by atoms with Crippen LogP contribution in [0.5, 0.6) is 0 Å². The molecule has 4 rings (SSSR count). The standard InChI is InChI=1S/C23H25N5O2S2/c1-24-21(29)6-4-2-3-5-17(28-23(30)20-13-25-14-32-20)22-26-12-18(27-22)15-7-8-19-16(11-15)9-10-31-19/h7-14,17H,2-6H2,1H3,(H,24,29)(H,26,27)(H,28,30). The van der Waals surface area contributed by atoms with Crippen LogP contribution in [-0.4, -0.2) is 33.8 Å². The molecule has 3 N–H and O–H groups in total. The summed E-state index contributed by atoms with van der Waals surface area (Å²) in [6.07, 6.45) is 7.24. The molecule has 4 aromatic rings. The Labute approximate surface area is 194 Å². The van der Waals surface area contributed by atoms with E-state index >= 15 is 0 Å². The molecule has 32 heavy (non-hydrogen) atoms. The molecular weight excluding hydrogens is 442 g/mol. The summed E-state index contributed by atoms with van der Waals surface area (Å²) in [6, 6.07) is 8.21. The summed E-state index contributed by atoms with van der Waals surface area (Å²) >= 11 is 3.03. The Hall–Kier alpha value is -3.04. The normalized spacial score (nSPS) is 12.0. The van der Waals surface area contributed by atoms with Crippen molar-refractivity contribution in [3.8, 4) is 11.3 Å². The van der Waals surface area contributed by atoms with Crippen molar-refractivity contribution < 1.29 is 9.59 Å². The zero-order valence-electron chi connectivity index (χ0n) is 17.8. The molecule has 3 heterocycles. The number of thiophene rings is 1. The molecule has 0 spiro atoms. The number of imidazole rings is 1. The molecule has 0 aliphatic carbocycles. The second-order valence-electron chi connectivity index (χ2n) is 7.52. The van der Waals surface area contributed by atoms with Crippen LogP contribution in [0.25, 0.3) is 21.3 Å². The van der Waals surface area contributed by atoms with Crippen molar-refractivity contribution in [3.63, 3.8) is 0 Å². The average molecular weight is 468 g/mol. The van der Waals surface area contributed by atoms with Crippen LogP contribution in [0.2, 0.25) is 0 Å². The fraction of sp³-hybridized carbons (Fsp3) is 0.304. The fourth-order valence-corrected chi connectivity index (χ4v) is 4.86. The number of carbonyl (C=O) groups is 2. The highest BCUT2D eigenvalue weighted by molar-refractivity contribution is 7.17. The van der Waals surface area contributed by atoms with E-state index in [0.717, 1.165) is 42.8 Å². The maximum atomic E-state index is 12.7. The first kappa shape index (κ1) is 22.2. The molecule has 7 nitrogen and oxygen atoms in total. The van der Waals surface area contributed by atoms with Crippen molar-refractivity contribution >= 4 is 44.6 Å². The van der Waals surface area contributed by atoms with Crippen LogP contribution >= 0.6 is 22.7 Å². The summed E-state index contributed by atoms with van der Waals surface area (Å²) in [4.78, 5) is 36.7. The number of aromatic nitrogens is 3. The number of H-pyrrole nitrogens is 1. The Morgan fingerprint density at radius 1 is 1.12 bits per heavy atom. The van der Waals surface area contributed by atoms with Crippen LogP contribution in [0.4, 0.5) is 0 Å². The summed E-state index contributed by atoms with van der Waals surface area (Å²) in [5.74, 6) is 0.633. The third-order valence-electron chi connectivity index (χ3n) is 5.33. The highest BCUT2D eigenvalue weighted by Gasteiger charge is 2.20. The van der Waals surface area contributed by atoms with E-state index in [-0.39, 0.29) is 17.9 Å². The molecule has 0 saturated heterocycles. The predicted octanol–water partition coefficient (Wildman–Crippen LogP) is 4.92. The van der Waals surface area contributed by atoms with Gasteiger partial charge in [-0.15, -0.1) is 22.7 Å². The van der Waals surface area contributed by atoms with Gasteiger partial charge in [0.1, 0.15) is 10.7 Å². The van der Waals surface area contributed by atoms with Gasteiger partial charge in [-0.1, -0.05) is 18.9 Å². The first-order valence-electron chi connectivity index (χ1n) is 10.6. The minimum absolute atomic E-state index is 0.0540. The van der Waals surface area contributed by atoms with E-state index in [4.69, 9.17) is 0 Å². The second kappa shape index (κ2) is 10.5. The molecule has 0 aliphatic rings. The third kappa shape index (κ3) is 5.41. The van der Waals surface area contributed by atoms with Gasteiger partial charge in [-0.3, -0.25) is 14.6 Å². The van der Waals surface area contributed by atoms with Crippen molar-refractivity contribution in [1.29, 1.82) is 0 Å². The predicted molar refractivity (Wildman–Crippen MR) is 129 cm³/mol. The maximum Gasteiger partial charge on any atom is 0.263 e. The molecule has 1 atom stereocenters. The number of rotatable bonds is 10. The summed E-state index contributed by atoms with van der Waals surface area (Å²) in [5.41, 5.74) is 3.63. The van der Waals surface area contributed by atoms with Gasteiger partial charge in [0, 0.05) is 23.7 Å². The zero-order valence-corrected chi connectivity index (χ0v) is 19.4. The molecule has 0 fully saturated rings. The summed E-state index contributed by atoms with van der Waals surface area (Å²) < 4.78 is 1.25. The quantitative estimate of drug-likeness (QED) is 0.288. The highest BCUT2D eigenvalue weighted by atomic mass is 32.1. The molecule has 1 unspecified atom stereocenters. The van der Waals surface area contributed by atoms with E-state index in [1.165, 1.54) is 21.4 Å². The van der Waals surface area contributed by atoms with Gasteiger partial charge in [-0.05, 0) is 41.8 Å². The minimum atomic E-state index is -0.247. The van der Waals surface area contributed by atoms with Crippen molar-refractivity contribution in [2.45, 2.75) is 38.1 Å². The number of hydrogen-bond donors (Lipinski definition) is 3. The first-order valence-corrected chi connectivity index (χ1v) is 12.3. The van der Waals surface area contributed by atoms with Crippen molar-refractivity contribution in [2.24, 2.45) is 0 Å². The number of nitrogens with zero attached hydrogens (tertiary/aromatic N) is 2. The second-order valence-corrected chi connectivity index (χ2v) is 9.35. The van der Waals surface area contributed by atoms with Gasteiger partial charge < -0.3 is 15.6 Å². The van der Waals surface area contributed by atoms with E-state index in [2.05, 4.69) is 55.2 Å². The van der Waals surface area contributed by atoms with Gasteiger partial charge in [0.05, 0.1) is 29.6 Å². The lowest BCUT2D eigenvalue weighted by molar-refractivity contribution is -0.120. The lowest BCUT2D eigenvalue weighted by Crippen LogP contribution is -2.28. The highest BCUT2D eigenvalue weighted by Crippen LogP contribution is 2.28. The van der Waals surface area contributed by atoms with Crippen molar-refractivity contribution in [3.05, 3.63) is 58.3 Å². The van der Waals surface area contributed by atoms with Crippen LogP contribution in [0.15, 0.2) is 47.5 Å². The lowest BCUT2D eigenvalue weighted by atomic mass is 10.1. The van der Waals surface area contributed by atoms with Gasteiger partial charge in [-0.2, -0.15) is 0 Å². The number of thiazole rings is 1. The summed E-state index contributed by atoms with van der Waals surface area (Å²) in [6.45, 7) is 0. The summed E-state index contributed by atoms with van der Waals surface area (Å²) in [5, 5.41) is 9.03. The Morgan fingerprint density at radius 2 is 2.03 bits per heavy atom. The smallest absolute Gasteiger partial charge is 0.263 e. The number of fused-ring (bicyclic) bond motifs is 1. The number of unbranched alkanes of at least 4 members (excludes halogenated alkanes) is 2. The van der Waals surface area contributed by atoms with Gasteiger partial charge in [0.2, 0.25) is 5.91 Å². The monoisotopic (exact) mass is 467 g/mol. The van der Waals surface area contributed by atoms with Crippen LogP contribution in [-0.2, 0) is 4.79 Å². The minimum Gasteiger partial charge on any atom is -0.359 e. The van der Waals surface area contributed by atoms with Gasteiger partial charge in [0.25, 0.3) is 5.91 Å². The first-order chi connectivity index (χ1) is 15.6. The van der Waals surface area contributed by atoms with E-state index in [0.29, 0.717) is 11.3 Å². The molecule has 0 saturated carbocycles. The van der Waals surface area contributed by atoms with E-state index in [1.807, 2.05) is 6.20 Å². The van der Waals surface area contributed by atoms with Crippen molar-refractivity contribution in [2.75, 3.05) is 7.05 Å². The molecule has 2 amide bonds. The third-order valence-corrected chi connectivity index (χ3v) is 7.00. The number of nitrogens with one attached hydrogen (secondary N) is 3. The van der Waals surface area contributed by atoms with Crippen LogP contribution < -0.4 is 10.6 Å². The number of carbonyl (C=O) groups excluding carboxylic acids is 2. The van der Waals surface area contributed by atoms with Gasteiger partial charge in [-0.25, -0.2) is 4.98 Å². The summed E-state index contributed by atoms with van der Waals surface area (Å²) in [7, 11) is 1.65. The van der Waals surface area contributed by atoms with Gasteiger partial charge in [0.15, 0.2) is 0 Å². The average Bonchev–Trinajstić information content (AvgIpc) is 3.58. The van der Waals surface area contributed by atoms with Crippen molar-refractivity contribution in [1.82, 2.24) is 25.6 Å². The van der Waals surface area contributed by atoms with E-state index in [1.54, 1.807) is 30.1 Å². The lowest BCUT2D eigenvalue weighted by Gasteiger charge is -2.16. The zero-order chi connectivity index (χ0) is 22.3. The molecule has 0 radical (unpaired) electrons. The largest absolute Gasteiger partial charge is 0.359 e. The van der Waals surface area contributed by atoms with E-state index < -0.39 is 0 Å². The Kier molecular flexibility index (Phi) is 7.28. The molecule has 3 aromatic heterocycles. The maximum absolute atomic E-state index is 12.7. The van der Waals surface area contributed by atoms with E-state index in [9.17, 15) is 9.59 Å². The molecule has 166 valence electrons. The molecular formula is C23H25N5O2S2. The fourth-order valence-electron chi connectivity index (χ4n) is 3.56.